The molecule has 0 saturated carbocycles. The fraction of sp³-hybridized carbons (Fsp3) is 0.562. The first-order valence-electron chi connectivity index (χ1n) is 7.70. The van der Waals surface area contributed by atoms with Crippen LogP contribution < -0.4 is 15.4 Å². The molecule has 1 aliphatic heterocycles. The van der Waals surface area contributed by atoms with E-state index in [1.165, 1.54) is 6.42 Å². The van der Waals surface area contributed by atoms with Crippen molar-refractivity contribution in [2.75, 3.05) is 26.2 Å². The first kappa shape index (κ1) is 20.4. The van der Waals surface area contributed by atoms with Crippen LogP contribution in [0.2, 0.25) is 10.0 Å². The number of nitrogens with one attached hydrogen (secondary N) is 2. The molecule has 0 spiro atoms. The Labute approximate surface area is 153 Å². The first-order chi connectivity index (χ1) is 10.6. The molecule has 23 heavy (non-hydrogen) atoms. The van der Waals surface area contributed by atoms with Crippen LogP contribution in [0.25, 0.3) is 0 Å². The summed E-state index contributed by atoms with van der Waals surface area (Å²) < 4.78 is 5.55. The highest BCUT2D eigenvalue weighted by atomic mass is 35.5. The summed E-state index contributed by atoms with van der Waals surface area (Å²) in [6, 6.07) is 5.11. The lowest BCUT2D eigenvalue weighted by Gasteiger charge is -2.10. The summed E-state index contributed by atoms with van der Waals surface area (Å²) in [6.45, 7) is 3.39. The normalized spacial score (nSPS) is 16.7. The number of benzene rings is 1. The summed E-state index contributed by atoms with van der Waals surface area (Å²) in [6.07, 6.45) is 3.39. The maximum absolute atomic E-state index is 11.7. The monoisotopic (exact) mass is 380 g/mol. The molecule has 130 valence electrons. The van der Waals surface area contributed by atoms with Crippen molar-refractivity contribution in [3.05, 3.63) is 28.2 Å². The highest BCUT2D eigenvalue weighted by Gasteiger charge is 2.14. The summed E-state index contributed by atoms with van der Waals surface area (Å²) in [5.41, 5.74) is 0. The smallest absolute Gasteiger partial charge is 0.220 e. The van der Waals surface area contributed by atoms with E-state index in [1.807, 2.05) is 0 Å². The van der Waals surface area contributed by atoms with Crippen LogP contribution in [0, 0.1) is 5.92 Å². The van der Waals surface area contributed by atoms with Crippen LogP contribution in [-0.4, -0.2) is 32.1 Å². The molecule has 2 rings (SSSR count). The molecule has 1 fully saturated rings. The van der Waals surface area contributed by atoms with Gasteiger partial charge in [-0.25, -0.2) is 0 Å². The summed E-state index contributed by atoms with van der Waals surface area (Å²) in [5.74, 6) is 1.38. The van der Waals surface area contributed by atoms with E-state index in [2.05, 4.69) is 10.6 Å². The molecule has 1 aromatic carbocycles. The van der Waals surface area contributed by atoms with Gasteiger partial charge in [-0.3, -0.25) is 4.79 Å². The molecular formula is C16H23Cl3N2O2. The van der Waals surface area contributed by atoms with Gasteiger partial charge in [0.05, 0.1) is 11.6 Å². The maximum Gasteiger partial charge on any atom is 0.220 e. The molecule has 1 aliphatic rings. The number of ether oxygens (including phenoxy) is 1. The molecule has 0 aromatic heterocycles. The van der Waals surface area contributed by atoms with Crippen molar-refractivity contribution in [2.24, 2.45) is 5.92 Å². The third-order valence-corrected chi connectivity index (χ3v) is 4.27. The van der Waals surface area contributed by atoms with Crippen LogP contribution in [0.4, 0.5) is 0 Å². The van der Waals surface area contributed by atoms with Crippen LogP contribution in [0.1, 0.15) is 25.7 Å². The van der Waals surface area contributed by atoms with Gasteiger partial charge in [-0.1, -0.05) is 23.2 Å². The molecule has 4 nitrogen and oxygen atoms in total. The van der Waals surface area contributed by atoms with Gasteiger partial charge in [-0.2, -0.15) is 0 Å². The molecule has 1 heterocycles. The standard InChI is InChI=1S/C16H22Cl2N2O2.ClH/c17-13-3-4-15(14(18)10-13)22-9-1-2-16(21)20-8-6-12-5-7-19-11-12;/h3-4,10,12,19H,1-2,5-9,11H2,(H,20,21);1H. The lowest BCUT2D eigenvalue weighted by Crippen LogP contribution is -2.26. The van der Waals surface area contributed by atoms with E-state index < -0.39 is 0 Å². The van der Waals surface area contributed by atoms with Crippen LogP contribution in [0.3, 0.4) is 0 Å². The minimum absolute atomic E-state index is 0. The minimum atomic E-state index is 0. The number of hydrogen-bond donors (Lipinski definition) is 2. The van der Waals surface area contributed by atoms with Crippen molar-refractivity contribution in [2.45, 2.75) is 25.7 Å². The summed E-state index contributed by atoms with van der Waals surface area (Å²) >= 11 is 11.8. The van der Waals surface area contributed by atoms with Gasteiger partial charge >= 0.3 is 0 Å². The molecule has 1 atom stereocenters. The molecule has 1 unspecified atom stereocenters. The second-order valence-electron chi connectivity index (χ2n) is 5.52. The molecule has 0 radical (unpaired) electrons. The van der Waals surface area contributed by atoms with Gasteiger partial charge in [0, 0.05) is 18.0 Å². The van der Waals surface area contributed by atoms with Crippen molar-refractivity contribution in [3.8, 4) is 5.75 Å². The number of hydrogen-bond acceptors (Lipinski definition) is 3. The lowest BCUT2D eigenvalue weighted by atomic mass is 10.1. The third kappa shape index (κ3) is 7.62. The van der Waals surface area contributed by atoms with Crippen molar-refractivity contribution in [3.63, 3.8) is 0 Å². The van der Waals surface area contributed by atoms with E-state index >= 15 is 0 Å². The Kier molecular flexibility index (Phi) is 9.72. The SMILES string of the molecule is Cl.O=C(CCCOc1ccc(Cl)cc1Cl)NCCC1CCNC1. The molecule has 7 heteroatoms. The average molecular weight is 382 g/mol. The lowest BCUT2D eigenvalue weighted by molar-refractivity contribution is -0.121. The number of amides is 1. The Balaban J connectivity index is 0.00000264. The van der Waals surface area contributed by atoms with Crippen molar-refractivity contribution in [1.82, 2.24) is 10.6 Å². The maximum atomic E-state index is 11.7. The summed E-state index contributed by atoms with van der Waals surface area (Å²) in [4.78, 5) is 11.7. The molecular weight excluding hydrogens is 359 g/mol. The zero-order valence-electron chi connectivity index (χ0n) is 12.9. The van der Waals surface area contributed by atoms with Crippen molar-refractivity contribution in [1.29, 1.82) is 0 Å². The number of carbonyl (C=O) groups excluding carboxylic acids is 1. The molecule has 1 aromatic rings. The van der Waals surface area contributed by atoms with Gasteiger partial charge in [-0.15, -0.1) is 12.4 Å². The number of carbonyl (C=O) groups is 1. The molecule has 0 aliphatic carbocycles. The molecule has 0 bridgehead atoms. The molecule has 1 amide bonds. The van der Waals surface area contributed by atoms with E-state index in [-0.39, 0.29) is 18.3 Å². The third-order valence-electron chi connectivity index (χ3n) is 3.74. The predicted octanol–water partition coefficient (Wildman–Crippen LogP) is 3.69. The van der Waals surface area contributed by atoms with Crippen LogP contribution in [0.5, 0.6) is 5.75 Å². The van der Waals surface area contributed by atoms with Crippen molar-refractivity contribution < 1.29 is 9.53 Å². The Hall–Kier alpha value is -0.680. The Morgan fingerprint density at radius 2 is 2.22 bits per heavy atom. The highest BCUT2D eigenvalue weighted by molar-refractivity contribution is 6.35. The van der Waals surface area contributed by atoms with E-state index in [1.54, 1.807) is 18.2 Å². The van der Waals surface area contributed by atoms with Gasteiger partial charge in [-0.05, 0) is 56.5 Å². The minimum Gasteiger partial charge on any atom is -0.492 e. The quantitative estimate of drug-likeness (QED) is 0.675. The highest BCUT2D eigenvalue weighted by Crippen LogP contribution is 2.27. The van der Waals surface area contributed by atoms with Crippen LogP contribution in [0.15, 0.2) is 18.2 Å². The Morgan fingerprint density at radius 1 is 1.39 bits per heavy atom. The van der Waals surface area contributed by atoms with Gasteiger partial charge < -0.3 is 15.4 Å². The fourth-order valence-corrected chi connectivity index (χ4v) is 2.94. The first-order valence-corrected chi connectivity index (χ1v) is 8.46. The van der Waals surface area contributed by atoms with Crippen LogP contribution >= 0.6 is 35.6 Å². The van der Waals surface area contributed by atoms with E-state index in [4.69, 9.17) is 27.9 Å². The largest absolute Gasteiger partial charge is 0.492 e. The molecule has 1 saturated heterocycles. The van der Waals surface area contributed by atoms with Crippen molar-refractivity contribution >= 4 is 41.5 Å². The van der Waals surface area contributed by atoms with E-state index in [0.29, 0.717) is 41.2 Å². The van der Waals surface area contributed by atoms with E-state index in [0.717, 1.165) is 26.1 Å². The zero-order valence-corrected chi connectivity index (χ0v) is 15.3. The van der Waals surface area contributed by atoms with Crippen LogP contribution in [-0.2, 0) is 4.79 Å². The second-order valence-corrected chi connectivity index (χ2v) is 6.37. The van der Waals surface area contributed by atoms with E-state index in [9.17, 15) is 4.79 Å². The predicted molar refractivity (Wildman–Crippen MR) is 97.0 cm³/mol. The zero-order chi connectivity index (χ0) is 15.8. The number of rotatable bonds is 8. The van der Waals surface area contributed by atoms with Gasteiger partial charge in [0.25, 0.3) is 0 Å². The van der Waals surface area contributed by atoms with Gasteiger partial charge in [0.1, 0.15) is 5.75 Å². The number of halogens is 3. The van der Waals surface area contributed by atoms with Gasteiger partial charge in [0.2, 0.25) is 5.91 Å². The molecule has 2 N–H and O–H groups in total. The Morgan fingerprint density at radius 3 is 2.91 bits per heavy atom. The summed E-state index contributed by atoms with van der Waals surface area (Å²) in [5, 5.41) is 7.35. The van der Waals surface area contributed by atoms with Gasteiger partial charge in [0.15, 0.2) is 0 Å². The second kappa shape index (κ2) is 11.0. The Bertz CT molecular complexity index is 494. The topological polar surface area (TPSA) is 50.4 Å². The average Bonchev–Trinajstić information content (AvgIpc) is 2.99. The summed E-state index contributed by atoms with van der Waals surface area (Å²) in [7, 11) is 0. The fourth-order valence-electron chi connectivity index (χ4n) is 2.47.